The Balaban J connectivity index is 1.13. The van der Waals surface area contributed by atoms with Gasteiger partial charge in [0, 0.05) is 61.4 Å². The van der Waals surface area contributed by atoms with E-state index in [9.17, 15) is 14.4 Å². The zero-order valence-electron chi connectivity index (χ0n) is 26.4. The Morgan fingerprint density at radius 1 is 0.957 bits per heavy atom. The molecule has 2 aliphatic rings. The lowest BCUT2D eigenvalue weighted by atomic mass is 9.91. The molecule has 2 atom stereocenters. The number of hydrogen-bond acceptors (Lipinski definition) is 4. The molecule has 3 aromatic carbocycles. The number of H-pyrrole nitrogens is 2. The summed E-state index contributed by atoms with van der Waals surface area (Å²) in [5, 5.41) is 4.21. The third-order valence-electron chi connectivity index (χ3n) is 9.56. The molecule has 3 N–H and O–H groups in total. The molecule has 0 radical (unpaired) electrons. The van der Waals surface area contributed by atoms with Crippen molar-refractivity contribution < 1.29 is 9.59 Å². The van der Waals surface area contributed by atoms with Crippen LogP contribution >= 0.6 is 0 Å². The summed E-state index contributed by atoms with van der Waals surface area (Å²) < 4.78 is 1.83. The van der Waals surface area contributed by atoms with Crippen LogP contribution in [0.15, 0.2) is 83.8 Å². The lowest BCUT2D eigenvalue weighted by molar-refractivity contribution is -0.120. The highest BCUT2D eigenvalue weighted by Crippen LogP contribution is 2.31. The smallest absolute Gasteiger partial charge is 0.326 e. The van der Waals surface area contributed by atoms with E-state index in [2.05, 4.69) is 40.3 Å². The number of piperidine rings is 1. The SMILES string of the molecule is CN(C)C[C@H]1Cc2ccccc2N(C(=O)[C@@H](Cc2c[nH]c3ccccc23)NC(=O)N2CCC(n3c(=O)[nH]c4ccccc43)CC2)C1. The average Bonchev–Trinajstić information content (AvgIpc) is 3.63. The molecular formula is C36H41N7O3. The van der Waals surface area contributed by atoms with Gasteiger partial charge in [-0.05, 0) is 74.7 Å². The fraction of sp³-hybridized carbons (Fsp3) is 0.361. The van der Waals surface area contributed by atoms with E-state index in [1.54, 1.807) is 4.90 Å². The fourth-order valence-electron chi connectivity index (χ4n) is 7.44. The molecule has 3 amide bonds. The number of nitrogens with one attached hydrogen (secondary N) is 3. The van der Waals surface area contributed by atoms with E-state index in [-0.39, 0.29) is 29.6 Å². The summed E-state index contributed by atoms with van der Waals surface area (Å²) in [6.45, 7) is 2.45. The number of rotatable bonds is 7. The maximum Gasteiger partial charge on any atom is 0.326 e. The lowest BCUT2D eigenvalue weighted by Crippen LogP contribution is -2.56. The van der Waals surface area contributed by atoms with Gasteiger partial charge in [-0.3, -0.25) is 9.36 Å². The maximum absolute atomic E-state index is 14.6. The average molecular weight is 620 g/mol. The predicted octanol–water partition coefficient (Wildman–Crippen LogP) is 4.54. The number of urea groups is 1. The van der Waals surface area contributed by atoms with Crippen LogP contribution in [0.5, 0.6) is 0 Å². The van der Waals surface area contributed by atoms with E-state index in [1.807, 2.05) is 82.4 Å². The molecule has 2 aliphatic heterocycles. The van der Waals surface area contributed by atoms with Crippen molar-refractivity contribution >= 4 is 39.6 Å². The van der Waals surface area contributed by atoms with Gasteiger partial charge in [-0.15, -0.1) is 0 Å². The molecule has 4 heterocycles. The first-order chi connectivity index (χ1) is 22.4. The lowest BCUT2D eigenvalue weighted by Gasteiger charge is -2.38. The van der Waals surface area contributed by atoms with E-state index in [4.69, 9.17) is 0 Å². The Labute approximate surface area is 268 Å². The zero-order chi connectivity index (χ0) is 31.8. The fourth-order valence-corrected chi connectivity index (χ4v) is 7.44. The third-order valence-corrected chi connectivity index (χ3v) is 9.56. The number of para-hydroxylation sites is 4. The Bertz CT molecular complexity index is 1930. The van der Waals surface area contributed by atoms with E-state index in [1.165, 1.54) is 0 Å². The number of nitrogens with zero attached hydrogens (tertiary/aromatic N) is 4. The van der Waals surface area contributed by atoms with Gasteiger partial charge in [-0.25, -0.2) is 9.59 Å². The number of benzene rings is 3. The van der Waals surface area contributed by atoms with Crippen LogP contribution in [0.1, 0.15) is 30.0 Å². The van der Waals surface area contributed by atoms with Gasteiger partial charge in [-0.1, -0.05) is 48.5 Å². The Hall–Kier alpha value is -4.83. The van der Waals surface area contributed by atoms with Crippen LogP contribution in [-0.4, -0.2) is 82.6 Å². The Morgan fingerprint density at radius 3 is 2.48 bits per heavy atom. The molecule has 0 bridgehead atoms. The molecule has 0 unspecified atom stereocenters. The second-order valence-electron chi connectivity index (χ2n) is 13.0. The maximum atomic E-state index is 14.6. The van der Waals surface area contributed by atoms with Crippen LogP contribution < -0.4 is 15.9 Å². The predicted molar refractivity (Wildman–Crippen MR) is 181 cm³/mol. The summed E-state index contributed by atoms with van der Waals surface area (Å²) >= 11 is 0. The number of carbonyl (C=O) groups excluding carboxylic acids is 2. The van der Waals surface area contributed by atoms with Gasteiger partial charge in [0.05, 0.1) is 11.0 Å². The molecular weight excluding hydrogens is 578 g/mol. The molecule has 2 aromatic heterocycles. The van der Waals surface area contributed by atoms with Crippen LogP contribution in [0.2, 0.25) is 0 Å². The molecule has 238 valence electrons. The first-order valence-corrected chi connectivity index (χ1v) is 16.2. The van der Waals surface area contributed by atoms with E-state index >= 15 is 0 Å². The number of aromatic nitrogens is 3. The van der Waals surface area contributed by atoms with Crippen molar-refractivity contribution in [2.75, 3.05) is 45.2 Å². The molecule has 10 nitrogen and oxygen atoms in total. The molecule has 10 heteroatoms. The minimum atomic E-state index is -0.758. The van der Waals surface area contributed by atoms with Crippen LogP contribution in [0.25, 0.3) is 21.9 Å². The third kappa shape index (κ3) is 5.80. The number of imidazole rings is 1. The van der Waals surface area contributed by atoms with Crippen molar-refractivity contribution in [3.8, 4) is 0 Å². The van der Waals surface area contributed by atoms with Crippen LogP contribution in [-0.2, 0) is 17.6 Å². The quantitative estimate of drug-likeness (QED) is 0.249. The molecule has 5 aromatic rings. The number of carbonyl (C=O) groups is 2. The van der Waals surface area contributed by atoms with Crippen molar-refractivity contribution in [3.63, 3.8) is 0 Å². The van der Waals surface area contributed by atoms with Gasteiger partial charge >= 0.3 is 11.7 Å². The van der Waals surface area contributed by atoms with Crippen molar-refractivity contribution in [2.24, 2.45) is 5.92 Å². The van der Waals surface area contributed by atoms with Crippen molar-refractivity contribution in [2.45, 2.75) is 37.8 Å². The van der Waals surface area contributed by atoms with Gasteiger partial charge in [0.15, 0.2) is 0 Å². The molecule has 46 heavy (non-hydrogen) atoms. The van der Waals surface area contributed by atoms with Crippen LogP contribution in [0, 0.1) is 5.92 Å². The van der Waals surface area contributed by atoms with Crippen LogP contribution in [0.4, 0.5) is 10.5 Å². The topological polar surface area (TPSA) is 109 Å². The molecule has 0 spiro atoms. The van der Waals surface area contributed by atoms with Gasteiger partial charge in [0.2, 0.25) is 5.91 Å². The number of hydrogen-bond donors (Lipinski definition) is 3. The highest BCUT2D eigenvalue weighted by Gasteiger charge is 2.35. The number of likely N-dealkylation sites (tertiary alicyclic amines) is 1. The Kier molecular flexibility index (Phi) is 8.12. The second-order valence-corrected chi connectivity index (χ2v) is 13.0. The minimum Gasteiger partial charge on any atom is -0.361 e. The number of anilines is 1. The highest BCUT2D eigenvalue weighted by atomic mass is 16.2. The standard InChI is InChI=1S/C36H41N7O3/c1-40(2)22-24-19-25-9-3-7-13-32(25)42(23-24)34(44)31(20-26-21-37-29-11-5-4-10-28(26)29)39-35(45)41-17-15-27(16-18-41)43-33-14-8-6-12-30(33)38-36(43)46/h3-14,21,24,27,31,37H,15-20,22-23H2,1-2H3,(H,38,46)(H,39,45)/t24-,31-/m1/s1. The monoisotopic (exact) mass is 619 g/mol. The van der Waals surface area contributed by atoms with Crippen LogP contribution in [0.3, 0.4) is 0 Å². The first kappa shape index (κ1) is 29.9. The largest absolute Gasteiger partial charge is 0.361 e. The summed E-state index contributed by atoms with van der Waals surface area (Å²) in [7, 11) is 4.12. The first-order valence-electron chi connectivity index (χ1n) is 16.2. The van der Waals surface area contributed by atoms with Gasteiger partial charge < -0.3 is 30.0 Å². The summed E-state index contributed by atoms with van der Waals surface area (Å²) in [6, 6.07) is 22.9. The molecule has 7 rings (SSSR count). The molecule has 0 saturated carbocycles. The minimum absolute atomic E-state index is 0.00479. The molecule has 0 aliphatic carbocycles. The zero-order valence-corrected chi connectivity index (χ0v) is 26.4. The second kappa shape index (κ2) is 12.5. The van der Waals surface area contributed by atoms with Gasteiger partial charge in [-0.2, -0.15) is 0 Å². The molecule has 1 saturated heterocycles. The number of aromatic amines is 2. The van der Waals surface area contributed by atoms with E-state index < -0.39 is 6.04 Å². The van der Waals surface area contributed by atoms with Gasteiger partial charge in [0.1, 0.15) is 6.04 Å². The number of amides is 3. The normalized spacial score (nSPS) is 17.8. The van der Waals surface area contributed by atoms with Crippen molar-refractivity contribution in [1.82, 2.24) is 29.7 Å². The summed E-state index contributed by atoms with van der Waals surface area (Å²) in [4.78, 5) is 53.4. The highest BCUT2D eigenvalue weighted by molar-refractivity contribution is 6.00. The van der Waals surface area contributed by atoms with Crippen molar-refractivity contribution in [1.29, 1.82) is 0 Å². The molecule has 1 fully saturated rings. The summed E-state index contributed by atoms with van der Waals surface area (Å²) in [5.41, 5.74) is 5.64. The van der Waals surface area contributed by atoms with E-state index in [0.29, 0.717) is 38.9 Å². The van der Waals surface area contributed by atoms with Crippen molar-refractivity contribution in [3.05, 3.63) is 101 Å². The summed E-state index contributed by atoms with van der Waals surface area (Å²) in [6.07, 6.45) is 4.53. The summed E-state index contributed by atoms with van der Waals surface area (Å²) in [5.74, 6) is 0.181. The van der Waals surface area contributed by atoms with E-state index in [0.717, 1.165) is 51.7 Å². The van der Waals surface area contributed by atoms with Gasteiger partial charge in [0.25, 0.3) is 0 Å². The number of fused-ring (bicyclic) bond motifs is 3. The Morgan fingerprint density at radius 2 is 1.67 bits per heavy atom.